The van der Waals surface area contributed by atoms with Gasteiger partial charge in [-0.05, 0) is 43.4 Å². The molecule has 6 atom stereocenters. The predicted molar refractivity (Wildman–Crippen MR) is 405 cm³/mol. The highest BCUT2D eigenvalue weighted by atomic mass is 31.2. The summed E-state index contributed by atoms with van der Waals surface area (Å²) < 4.78 is 68.7. The van der Waals surface area contributed by atoms with E-state index < -0.39 is 97.5 Å². The number of aliphatic hydroxyl groups is 1. The Balaban J connectivity index is 5.23. The number of ether oxygens (including phenoxy) is 4. The van der Waals surface area contributed by atoms with Gasteiger partial charge in [-0.25, -0.2) is 9.13 Å². The summed E-state index contributed by atoms with van der Waals surface area (Å²) in [6.45, 7) is 11.9. The number of rotatable bonds is 78. The normalized spacial score (nSPS) is 14.3. The molecule has 0 radical (unpaired) electrons. The minimum absolute atomic E-state index is 0.105. The lowest BCUT2D eigenvalue weighted by molar-refractivity contribution is -0.161. The number of esters is 4. The molecular formula is C80H156O17P2. The minimum atomic E-state index is -4.96. The van der Waals surface area contributed by atoms with E-state index in [2.05, 4.69) is 48.5 Å². The Hall–Kier alpha value is -1.94. The molecule has 0 aromatic heterocycles. The van der Waals surface area contributed by atoms with E-state index in [1.54, 1.807) is 0 Å². The van der Waals surface area contributed by atoms with Gasteiger partial charge in [0.1, 0.15) is 19.3 Å². The average Bonchev–Trinajstić information content (AvgIpc) is 1.04. The Morgan fingerprint density at radius 3 is 0.768 bits per heavy atom. The first kappa shape index (κ1) is 97.1. The lowest BCUT2D eigenvalue weighted by Gasteiger charge is -2.21. The van der Waals surface area contributed by atoms with Crippen molar-refractivity contribution < 1.29 is 80.2 Å². The summed E-state index contributed by atoms with van der Waals surface area (Å²) >= 11 is 0. The van der Waals surface area contributed by atoms with Gasteiger partial charge in [-0.1, -0.05) is 363 Å². The molecule has 588 valence electrons. The van der Waals surface area contributed by atoms with Crippen molar-refractivity contribution in [3.63, 3.8) is 0 Å². The molecule has 0 aromatic carbocycles. The van der Waals surface area contributed by atoms with Gasteiger partial charge < -0.3 is 33.8 Å². The summed E-state index contributed by atoms with van der Waals surface area (Å²) in [5.41, 5.74) is 0. The molecule has 0 bridgehead atoms. The molecule has 0 saturated heterocycles. The van der Waals surface area contributed by atoms with Gasteiger partial charge >= 0.3 is 39.5 Å². The summed E-state index contributed by atoms with van der Waals surface area (Å²) in [6, 6.07) is 0. The van der Waals surface area contributed by atoms with Gasteiger partial charge in [0.25, 0.3) is 0 Å². The number of phosphoric ester groups is 2. The molecular weight excluding hydrogens is 1290 g/mol. The number of aliphatic hydroxyl groups excluding tert-OH is 1. The second-order valence-corrected chi connectivity index (χ2v) is 32.9. The second kappa shape index (κ2) is 70.4. The number of carbonyl (C=O) groups excluding carboxylic acids is 4. The van der Waals surface area contributed by atoms with E-state index >= 15 is 0 Å². The maximum atomic E-state index is 13.1. The third-order valence-corrected chi connectivity index (χ3v) is 20.9. The third kappa shape index (κ3) is 72.8. The van der Waals surface area contributed by atoms with Crippen molar-refractivity contribution in [3.8, 4) is 0 Å². The van der Waals surface area contributed by atoms with Crippen LogP contribution in [0.25, 0.3) is 0 Å². The first-order chi connectivity index (χ1) is 47.8. The summed E-state index contributed by atoms with van der Waals surface area (Å²) in [7, 11) is -9.92. The standard InChI is InChI=1S/C80H156O17P2/c1-8-10-11-12-13-14-15-16-17-18-22-25-28-34-39-47-54-61-77(82)90-67-75(96-79(84)63-56-49-40-35-29-26-23-20-19-21-24-27-32-37-44-51-58-71(3)4)69-94-98(86,87)92-65-74(81)66-93-99(88,89)95-70-76(68-91-78(83)62-55-48-43-42-45-52-59-72(5)6)97-80(85)64-57-50-41-36-31-30-33-38-46-53-60-73(7)9-2/h71-76,81H,8-70H2,1-7H3,(H,86,87)(H,88,89)/t73?,74-,75-,76-/m1/s1. The molecule has 3 N–H and O–H groups in total. The van der Waals surface area contributed by atoms with Gasteiger partial charge in [-0.15, -0.1) is 0 Å². The van der Waals surface area contributed by atoms with Gasteiger partial charge in [-0.3, -0.25) is 37.3 Å². The minimum Gasteiger partial charge on any atom is -0.462 e. The highest BCUT2D eigenvalue weighted by Gasteiger charge is 2.30. The molecule has 0 saturated carbocycles. The summed E-state index contributed by atoms with van der Waals surface area (Å²) in [4.78, 5) is 72.9. The quantitative estimate of drug-likeness (QED) is 0.0222. The Morgan fingerprint density at radius 1 is 0.293 bits per heavy atom. The van der Waals surface area contributed by atoms with Crippen LogP contribution in [0, 0.1) is 17.8 Å². The van der Waals surface area contributed by atoms with Crippen LogP contribution < -0.4 is 0 Å². The van der Waals surface area contributed by atoms with Gasteiger partial charge in [0.2, 0.25) is 0 Å². The monoisotopic (exact) mass is 1450 g/mol. The highest BCUT2D eigenvalue weighted by molar-refractivity contribution is 7.47. The van der Waals surface area contributed by atoms with Gasteiger partial charge in [-0.2, -0.15) is 0 Å². The van der Waals surface area contributed by atoms with Crippen molar-refractivity contribution >= 4 is 39.5 Å². The third-order valence-electron chi connectivity index (χ3n) is 19.0. The summed E-state index contributed by atoms with van der Waals surface area (Å²) in [5, 5.41) is 10.6. The fraction of sp³-hybridized carbons (Fsp3) is 0.950. The van der Waals surface area contributed by atoms with Crippen LogP contribution in [-0.2, 0) is 65.4 Å². The zero-order valence-electron chi connectivity index (χ0n) is 65.0. The lowest BCUT2D eigenvalue weighted by Crippen LogP contribution is -2.30. The van der Waals surface area contributed by atoms with Crippen LogP contribution in [0.4, 0.5) is 0 Å². The van der Waals surface area contributed by atoms with Crippen LogP contribution in [-0.4, -0.2) is 96.7 Å². The topological polar surface area (TPSA) is 237 Å². The van der Waals surface area contributed by atoms with Crippen LogP contribution in [0.15, 0.2) is 0 Å². The first-order valence-corrected chi connectivity index (χ1v) is 44.4. The number of carbonyl (C=O) groups is 4. The number of unbranched alkanes of at least 4 members (excludes halogenated alkanes) is 45. The fourth-order valence-electron chi connectivity index (χ4n) is 12.3. The largest absolute Gasteiger partial charge is 0.472 e. The van der Waals surface area contributed by atoms with Gasteiger partial charge in [0.05, 0.1) is 26.4 Å². The molecule has 0 aliphatic heterocycles. The molecule has 0 amide bonds. The van der Waals surface area contributed by atoms with Crippen LogP contribution in [0.3, 0.4) is 0 Å². The molecule has 3 unspecified atom stereocenters. The van der Waals surface area contributed by atoms with Crippen LogP contribution in [0.2, 0.25) is 0 Å². The molecule has 99 heavy (non-hydrogen) atoms. The number of hydrogen-bond acceptors (Lipinski definition) is 15. The SMILES string of the molecule is CCCCCCCCCCCCCCCCCCCC(=O)OC[C@H](COP(=O)(O)OC[C@@H](O)COP(=O)(O)OC[C@@H](COC(=O)CCCCCCCCC(C)C)OC(=O)CCCCCCCCCCCCC(C)CC)OC(=O)CCCCCCCCCCCCCCCCCCC(C)C. The molecule has 17 nitrogen and oxygen atoms in total. The van der Waals surface area contributed by atoms with E-state index in [1.807, 2.05) is 0 Å². The smallest absolute Gasteiger partial charge is 0.462 e. The molecule has 0 aliphatic carbocycles. The zero-order chi connectivity index (χ0) is 73.0. The first-order valence-electron chi connectivity index (χ1n) is 41.4. The van der Waals surface area contributed by atoms with Gasteiger partial charge in [0, 0.05) is 25.7 Å². The van der Waals surface area contributed by atoms with Crippen molar-refractivity contribution in [3.05, 3.63) is 0 Å². The van der Waals surface area contributed by atoms with E-state index in [0.29, 0.717) is 31.6 Å². The highest BCUT2D eigenvalue weighted by Crippen LogP contribution is 2.45. The van der Waals surface area contributed by atoms with Crippen molar-refractivity contribution in [1.29, 1.82) is 0 Å². The maximum Gasteiger partial charge on any atom is 0.472 e. The van der Waals surface area contributed by atoms with Crippen molar-refractivity contribution in [1.82, 2.24) is 0 Å². The Morgan fingerprint density at radius 2 is 0.515 bits per heavy atom. The molecule has 0 rings (SSSR count). The second-order valence-electron chi connectivity index (χ2n) is 30.0. The molecule has 0 heterocycles. The van der Waals surface area contributed by atoms with Crippen molar-refractivity contribution in [2.24, 2.45) is 17.8 Å². The number of phosphoric acid groups is 2. The van der Waals surface area contributed by atoms with E-state index in [0.717, 1.165) is 108 Å². The zero-order valence-corrected chi connectivity index (χ0v) is 66.8. The van der Waals surface area contributed by atoms with Crippen molar-refractivity contribution in [2.75, 3.05) is 39.6 Å². The Bertz CT molecular complexity index is 1920. The molecule has 19 heteroatoms. The Labute approximate surface area is 607 Å². The summed E-state index contributed by atoms with van der Waals surface area (Å²) in [5.74, 6) is 0.177. The van der Waals surface area contributed by atoms with Crippen LogP contribution in [0.5, 0.6) is 0 Å². The van der Waals surface area contributed by atoms with Crippen LogP contribution >= 0.6 is 15.6 Å². The fourth-order valence-corrected chi connectivity index (χ4v) is 13.9. The average molecular weight is 1450 g/mol. The molecule has 0 spiro atoms. The maximum absolute atomic E-state index is 13.1. The summed E-state index contributed by atoms with van der Waals surface area (Å²) in [6.07, 6.45) is 58.4. The molecule has 0 aliphatic rings. The number of hydrogen-bond donors (Lipinski definition) is 3. The molecule has 0 fully saturated rings. The van der Waals surface area contributed by atoms with Crippen LogP contribution in [0.1, 0.15) is 414 Å². The van der Waals surface area contributed by atoms with E-state index in [4.69, 9.17) is 37.0 Å². The van der Waals surface area contributed by atoms with E-state index in [1.165, 1.54) is 218 Å². The molecule has 0 aromatic rings. The van der Waals surface area contributed by atoms with Gasteiger partial charge in [0.15, 0.2) is 12.2 Å². The van der Waals surface area contributed by atoms with Crippen molar-refractivity contribution in [2.45, 2.75) is 433 Å². The van der Waals surface area contributed by atoms with E-state index in [9.17, 15) is 43.2 Å². The van der Waals surface area contributed by atoms with E-state index in [-0.39, 0.29) is 25.7 Å². The predicted octanol–water partition coefficient (Wildman–Crippen LogP) is 23.7. The lowest BCUT2D eigenvalue weighted by atomic mass is 9.99. The Kier molecular flexibility index (Phi) is 69.0.